The maximum absolute atomic E-state index is 12.2. The van der Waals surface area contributed by atoms with Gasteiger partial charge in [-0.05, 0) is 44.8 Å². The molecule has 0 aliphatic rings. The third-order valence-electron chi connectivity index (χ3n) is 3.80. The van der Waals surface area contributed by atoms with Crippen molar-refractivity contribution in [2.45, 2.75) is 19.6 Å². The van der Waals surface area contributed by atoms with E-state index in [1.165, 1.54) is 0 Å². The van der Waals surface area contributed by atoms with Gasteiger partial charge in [0, 0.05) is 38.2 Å². The first-order chi connectivity index (χ1) is 12.2. The Morgan fingerprint density at radius 3 is 2.54 bits per heavy atom. The number of hydrogen-bond acceptors (Lipinski definition) is 5. The van der Waals surface area contributed by atoms with Crippen molar-refractivity contribution in [3.8, 4) is 0 Å². The summed E-state index contributed by atoms with van der Waals surface area (Å²) in [5, 5.41) is 19.7. The zero-order valence-electron chi connectivity index (χ0n) is 16.0. The number of aromatic nitrogens is 2. The number of urea groups is 1. The first kappa shape index (κ1) is 19.7. The summed E-state index contributed by atoms with van der Waals surface area (Å²) in [4.78, 5) is 16.1. The number of hydrogen-bond donors (Lipinski definition) is 3. The minimum atomic E-state index is -0.523. The van der Waals surface area contributed by atoms with Crippen molar-refractivity contribution in [2.24, 2.45) is 0 Å². The Hall–Kier alpha value is -2.58. The van der Waals surface area contributed by atoms with E-state index in [1.54, 1.807) is 17.1 Å². The molecule has 0 radical (unpaired) electrons. The monoisotopic (exact) mass is 360 g/mol. The van der Waals surface area contributed by atoms with Gasteiger partial charge in [0.05, 0.1) is 24.5 Å². The summed E-state index contributed by atoms with van der Waals surface area (Å²) >= 11 is 0. The van der Waals surface area contributed by atoms with Gasteiger partial charge in [0.15, 0.2) is 0 Å². The van der Waals surface area contributed by atoms with Gasteiger partial charge in [0.25, 0.3) is 0 Å². The number of aryl methyl sites for hydroxylation is 1. The van der Waals surface area contributed by atoms with Crippen molar-refractivity contribution in [3.05, 3.63) is 36.2 Å². The van der Waals surface area contributed by atoms with Crippen molar-refractivity contribution >= 4 is 23.1 Å². The molecule has 2 aromatic rings. The van der Waals surface area contributed by atoms with E-state index in [0.717, 1.165) is 16.9 Å². The number of nitrogens with zero attached hydrogens (tertiary/aromatic N) is 4. The van der Waals surface area contributed by atoms with Gasteiger partial charge in [-0.2, -0.15) is 5.10 Å². The predicted octanol–water partition coefficient (Wildman–Crippen LogP) is 1.82. The minimum absolute atomic E-state index is 0.338. The first-order valence-electron chi connectivity index (χ1n) is 8.46. The molecule has 0 saturated heterocycles. The summed E-state index contributed by atoms with van der Waals surface area (Å²) in [6, 6.07) is 5.42. The lowest BCUT2D eigenvalue weighted by Crippen LogP contribution is -2.29. The summed E-state index contributed by atoms with van der Waals surface area (Å²) in [5.74, 6) is 0. The molecule has 1 atom stereocenters. The van der Waals surface area contributed by atoms with Crippen LogP contribution < -0.4 is 15.5 Å². The second kappa shape index (κ2) is 8.68. The van der Waals surface area contributed by atoms with Gasteiger partial charge in [0.2, 0.25) is 0 Å². The highest BCUT2D eigenvalue weighted by Crippen LogP contribution is 2.21. The first-order valence-corrected chi connectivity index (χ1v) is 8.46. The van der Waals surface area contributed by atoms with E-state index in [-0.39, 0.29) is 6.03 Å². The van der Waals surface area contributed by atoms with E-state index >= 15 is 0 Å². The molecular formula is C18H28N6O2. The Morgan fingerprint density at radius 2 is 1.92 bits per heavy atom. The van der Waals surface area contributed by atoms with E-state index < -0.39 is 6.10 Å². The molecule has 1 aromatic heterocycles. The SMILES string of the molecule is Cc1cc(NC(=O)Nc2cnn(CC(O)CN(C)C)c2)ccc1N(C)C. The number of aliphatic hydroxyl groups excluding tert-OH is 1. The molecule has 142 valence electrons. The highest BCUT2D eigenvalue weighted by atomic mass is 16.3. The molecule has 26 heavy (non-hydrogen) atoms. The standard InChI is InChI=1S/C18H28N6O2/c1-13-8-14(6-7-17(13)23(4)5)20-18(26)21-15-9-19-24(10-15)12-16(25)11-22(2)3/h6-10,16,25H,11-12H2,1-5H3,(H2,20,21,26). The van der Waals surface area contributed by atoms with Crippen LogP contribution in [0.15, 0.2) is 30.6 Å². The molecule has 8 heteroatoms. The van der Waals surface area contributed by atoms with Crippen LogP contribution in [0.5, 0.6) is 0 Å². The van der Waals surface area contributed by atoms with E-state index in [0.29, 0.717) is 18.8 Å². The van der Waals surface area contributed by atoms with Gasteiger partial charge < -0.3 is 25.5 Å². The smallest absolute Gasteiger partial charge is 0.323 e. The third kappa shape index (κ3) is 5.75. The maximum atomic E-state index is 12.2. The maximum Gasteiger partial charge on any atom is 0.323 e. The summed E-state index contributed by atoms with van der Waals surface area (Å²) in [6.07, 6.45) is 2.73. The molecule has 0 aliphatic heterocycles. The van der Waals surface area contributed by atoms with Crippen LogP contribution in [0.25, 0.3) is 0 Å². The van der Waals surface area contributed by atoms with E-state index in [9.17, 15) is 9.90 Å². The number of benzene rings is 1. The van der Waals surface area contributed by atoms with Crippen LogP contribution in [-0.2, 0) is 6.54 Å². The lowest BCUT2D eigenvalue weighted by atomic mass is 10.1. The molecule has 0 saturated carbocycles. The third-order valence-corrected chi connectivity index (χ3v) is 3.80. The Labute approximate surface area is 154 Å². The summed E-state index contributed by atoms with van der Waals surface area (Å²) in [6.45, 7) is 2.92. The number of amides is 2. The van der Waals surface area contributed by atoms with Gasteiger partial charge in [0.1, 0.15) is 0 Å². The fourth-order valence-corrected chi connectivity index (χ4v) is 2.75. The molecule has 3 N–H and O–H groups in total. The largest absolute Gasteiger partial charge is 0.390 e. The van der Waals surface area contributed by atoms with Crippen molar-refractivity contribution in [1.82, 2.24) is 14.7 Å². The van der Waals surface area contributed by atoms with Crippen molar-refractivity contribution < 1.29 is 9.90 Å². The molecule has 0 fully saturated rings. The van der Waals surface area contributed by atoms with Crippen molar-refractivity contribution in [2.75, 3.05) is 50.3 Å². The van der Waals surface area contributed by atoms with Crippen LogP contribution in [-0.4, -0.2) is 66.7 Å². The fraction of sp³-hybridized carbons (Fsp3) is 0.444. The van der Waals surface area contributed by atoms with Crippen LogP contribution in [0.1, 0.15) is 5.56 Å². The lowest BCUT2D eigenvalue weighted by molar-refractivity contribution is 0.116. The average Bonchev–Trinajstić information content (AvgIpc) is 2.92. The number of rotatable bonds is 7. The quantitative estimate of drug-likeness (QED) is 0.701. The van der Waals surface area contributed by atoms with E-state index in [1.807, 2.05) is 63.1 Å². The van der Waals surface area contributed by atoms with Crippen molar-refractivity contribution in [3.63, 3.8) is 0 Å². The lowest BCUT2D eigenvalue weighted by Gasteiger charge is -2.16. The molecule has 0 spiro atoms. The fourth-order valence-electron chi connectivity index (χ4n) is 2.75. The average molecular weight is 360 g/mol. The normalized spacial score (nSPS) is 12.1. The Morgan fingerprint density at radius 1 is 1.23 bits per heavy atom. The molecule has 2 amide bonds. The Balaban J connectivity index is 1.91. The number of carbonyl (C=O) groups excluding carboxylic acids is 1. The summed E-state index contributed by atoms with van der Waals surface area (Å²) in [5.41, 5.74) is 3.48. The number of aliphatic hydroxyl groups is 1. The number of nitrogens with one attached hydrogen (secondary N) is 2. The van der Waals surface area contributed by atoms with Gasteiger partial charge >= 0.3 is 6.03 Å². The molecule has 0 aliphatic carbocycles. The zero-order chi connectivity index (χ0) is 19.3. The molecule has 1 heterocycles. The molecule has 0 bridgehead atoms. The predicted molar refractivity (Wildman–Crippen MR) is 105 cm³/mol. The second-order valence-corrected chi connectivity index (χ2v) is 6.84. The molecule has 1 unspecified atom stereocenters. The topological polar surface area (TPSA) is 85.7 Å². The highest BCUT2D eigenvalue weighted by Gasteiger charge is 2.10. The van der Waals surface area contributed by atoms with Gasteiger partial charge in [-0.15, -0.1) is 0 Å². The van der Waals surface area contributed by atoms with Gasteiger partial charge in [-0.25, -0.2) is 4.79 Å². The summed E-state index contributed by atoms with van der Waals surface area (Å²) in [7, 11) is 7.76. The van der Waals surface area contributed by atoms with Gasteiger partial charge in [-0.3, -0.25) is 4.68 Å². The van der Waals surface area contributed by atoms with Crippen LogP contribution in [0.4, 0.5) is 21.9 Å². The Bertz CT molecular complexity index is 741. The minimum Gasteiger partial charge on any atom is -0.390 e. The number of anilines is 3. The Kier molecular flexibility index (Phi) is 6.59. The van der Waals surface area contributed by atoms with E-state index in [2.05, 4.69) is 15.7 Å². The number of likely N-dealkylation sites (N-methyl/N-ethyl adjacent to an activating group) is 1. The molecule has 8 nitrogen and oxygen atoms in total. The van der Waals surface area contributed by atoms with E-state index in [4.69, 9.17) is 0 Å². The van der Waals surface area contributed by atoms with Gasteiger partial charge in [-0.1, -0.05) is 0 Å². The van der Waals surface area contributed by atoms with Crippen LogP contribution in [0.3, 0.4) is 0 Å². The molecule has 1 aromatic carbocycles. The van der Waals surface area contributed by atoms with Crippen molar-refractivity contribution in [1.29, 1.82) is 0 Å². The summed E-state index contributed by atoms with van der Waals surface area (Å²) < 4.78 is 1.61. The molecular weight excluding hydrogens is 332 g/mol. The van der Waals surface area contributed by atoms with Crippen LogP contribution in [0, 0.1) is 6.92 Å². The van der Waals surface area contributed by atoms with Crippen LogP contribution in [0.2, 0.25) is 0 Å². The number of carbonyl (C=O) groups is 1. The zero-order valence-corrected chi connectivity index (χ0v) is 16.0. The second-order valence-electron chi connectivity index (χ2n) is 6.84. The van der Waals surface area contributed by atoms with Crippen LogP contribution >= 0.6 is 0 Å². The molecule has 2 rings (SSSR count). The highest BCUT2D eigenvalue weighted by molar-refractivity contribution is 5.99.